The van der Waals surface area contributed by atoms with E-state index in [4.69, 9.17) is 4.74 Å². The number of ketones is 2. The third-order valence-electron chi connectivity index (χ3n) is 5.00. The van der Waals surface area contributed by atoms with Crippen molar-refractivity contribution < 1.29 is 14.3 Å². The SMILES string of the molecule is CCCCCCCCCCCCCCCCCC(=O)C(=O)CCOCC.N. The Morgan fingerprint density at radius 1 is 0.556 bits per heavy atom. The lowest BCUT2D eigenvalue weighted by molar-refractivity contribution is -0.137. The molecule has 0 radical (unpaired) electrons. The minimum atomic E-state index is -0.260. The molecule has 0 fully saturated rings. The maximum atomic E-state index is 11.7. The fourth-order valence-electron chi connectivity index (χ4n) is 3.24. The Morgan fingerprint density at radius 3 is 1.33 bits per heavy atom. The van der Waals surface area contributed by atoms with Gasteiger partial charge in [0.25, 0.3) is 0 Å². The predicted molar refractivity (Wildman–Crippen MR) is 116 cm³/mol. The maximum Gasteiger partial charge on any atom is 0.200 e. The van der Waals surface area contributed by atoms with Crippen molar-refractivity contribution in [2.75, 3.05) is 13.2 Å². The number of hydrogen-bond acceptors (Lipinski definition) is 4. The van der Waals surface area contributed by atoms with Crippen molar-refractivity contribution in [2.24, 2.45) is 0 Å². The molecular formula is C23H47NO3. The molecule has 0 aliphatic rings. The van der Waals surface area contributed by atoms with Gasteiger partial charge in [0.1, 0.15) is 0 Å². The van der Waals surface area contributed by atoms with Crippen molar-refractivity contribution in [1.82, 2.24) is 6.15 Å². The van der Waals surface area contributed by atoms with Gasteiger partial charge in [-0.2, -0.15) is 0 Å². The van der Waals surface area contributed by atoms with Gasteiger partial charge in [-0.05, 0) is 13.3 Å². The first-order valence-corrected chi connectivity index (χ1v) is 11.4. The van der Waals surface area contributed by atoms with E-state index in [-0.39, 0.29) is 24.1 Å². The van der Waals surface area contributed by atoms with Crippen molar-refractivity contribution in [2.45, 2.75) is 123 Å². The average molecular weight is 386 g/mol. The smallest absolute Gasteiger partial charge is 0.200 e. The average Bonchev–Trinajstić information content (AvgIpc) is 2.64. The quantitative estimate of drug-likeness (QED) is 0.171. The van der Waals surface area contributed by atoms with Crippen LogP contribution in [0.2, 0.25) is 0 Å². The molecule has 27 heavy (non-hydrogen) atoms. The summed E-state index contributed by atoms with van der Waals surface area (Å²) in [5.41, 5.74) is 0. The summed E-state index contributed by atoms with van der Waals surface area (Å²) in [5.74, 6) is -0.469. The van der Waals surface area contributed by atoms with E-state index >= 15 is 0 Å². The highest BCUT2D eigenvalue weighted by Crippen LogP contribution is 2.13. The second-order valence-corrected chi connectivity index (χ2v) is 7.49. The fourth-order valence-corrected chi connectivity index (χ4v) is 3.24. The first-order valence-electron chi connectivity index (χ1n) is 11.4. The van der Waals surface area contributed by atoms with Crippen LogP contribution in [0, 0.1) is 0 Å². The number of hydrogen-bond donors (Lipinski definition) is 1. The van der Waals surface area contributed by atoms with Crippen molar-refractivity contribution >= 4 is 11.6 Å². The van der Waals surface area contributed by atoms with Crippen LogP contribution in [0.3, 0.4) is 0 Å². The highest BCUT2D eigenvalue weighted by Gasteiger charge is 2.12. The molecule has 4 heteroatoms. The standard InChI is InChI=1S/C23H44O3.H3N/c1-3-5-6-7-8-9-10-11-12-13-14-15-16-17-18-19-22(24)23(25)20-21-26-4-2;/h3-21H2,1-2H3;1H3. The van der Waals surface area contributed by atoms with Gasteiger partial charge in [-0.3, -0.25) is 9.59 Å². The molecule has 0 heterocycles. The fraction of sp³-hybridized carbons (Fsp3) is 0.913. The van der Waals surface area contributed by atoms with Crippen molar-refractivity contribution in [3.05, 3.63) is 0 Å². The molecule has 0 bridgehead atoms. The molecule has 3 N–H and O–H groups in total. The molecule has 0 saturated heterocycles. The normalized spacial score (nSPS) is 10.6. The second kappa shape index (κ2) is 23.3. The van der Waals surface area contributed by atoms with Gasteiger partial charge in [-0.1, -0.05) is 96.8 Å². The third kappa shape index (κ3) is 21.4. The highest BCUT2D eigenvalue weighted by atomic mass is 16.5. The number of carbonyl (C=O) groups excluding carboxylic acids is 2. The minimum absolute atomic E-state index is 0. The van der Waals surface area contributed by atoms with E-state index in [1.54, 1.807) is 0 Å². The summed E-state index contributed by atoms with van der Waals surface area (Å²) >= 11 is 0. The molecule has 0 aliphatic carbocycles. The van der Waals surface area contributed by atoms with Crippen LogP contribution < -0.4 is 6.15 Å². The molecule has 0 rings (SSSR count). The predicted octanol–water partition coefficient (Wildman–Crippen LogP) is 6.97. The van der Waals surface area contributed by atoms with E-state index in [1.165, 1.54) is 83.5 Å². The lowest BCUT2D eigenvalue weighted by Crippen LogP contribution is -2.15. The lowest BCUT2D eigenvalue weighted by atomic mass is 10.0. The van der Waals surface area contributed by atoms with Crippen molar-refractivity contribution in [3.8, 4) is 0 Å². The van der Waals surface area contributed by atoms with Gasteiger partial charge >= 0.3 is 0 Å². The number of unbranched alkanes of at least 4 members (excludes halogenated alkanes) is 14. The van der Waals surface area contributed by atoms with Crippen LogP contribution in [0.5, 0.6) is 0 Å². The van der Waals surface area contributed by atoms with Gasteiger partial charge in [-0.15, -0.1) is 0 Å². The van der Waals surface area contributed by atoms with E-state index < -0.39 is 0 Å². The van der Waals surface area contributed by atoms with E-state index in [1.807, 2.05) is 6.92 Å². The zero-order valence-corrected chi connectivity index (χ0v) is 18.4. The first-order chi connectivity index (χ1) is 12.7. The van der Waals surface area contributed by atoms with Crippen LogP contribution in [0.1, 0.15) is 123 Å². The molecule has 0 aromatic rings. The Balaban J connectivity index is 0. The summed E-state index contributed by atoms with van der Waals surface area (Å²) in [6.45, 7) is 5.13. The van der Waals surface area contributed by atoms with E-state index in [0.29, 0.717) is 19.6 Å². The number of ether oxygens (including phenoxy) is 1. The van der Waals surface area contributed by atoms with Crippen LogP contribution in [-0.4, -0.2) is 24.8 Å². The Morgan fingerprint density at radius 2 is 0.926 bits per heavy atom. The highest BCUT2D eigenvalue weighted by molar-refractivity contribution is 6.37. The monoisotopic (exact) mass is 385 g/mol. The molecule has 0 unspecified atom stereocenters. The summed E-state index contributed by atoms with van der Waals surface area (Å²) < 4.78 is 5.11. The van der Waals surface area contributed by atoms with Gasteiger partial charge in [-0.25, -0.2) is 0 Å². The second-order valence-electron chi connectivity index (χ2n) is 7.49. The van der Waals surface area contributed by atoms with Crippen LogP contribution >= 0.6 is 0 Å². The molecule has 0 amide bonds. The van der Waals surface area contributed by atoms with E-state index in [9.17, 15) is 9.59 Å². The number of rotatable bonds is 21. The molecule has 0 aliphatic heterocycles. The van der Waals surface area contributed by atoms with Crippen molar-refractivity contribution in [3.63, 3.8) is 0 Å². The summed E-state index contributed by atoms with van der Waals surface area (Å²) in [4.78, 5) is 23.2. The molecular weight excluding hydrogens is 338 g/mol. The Labute approximate surface area is 168 Å². The van der Waals surface area contributed by atoms with Gasteiger partial charge in [0, 0.05) is 19.4 Å². The molecule has 162 valence electrons. The van der Waals surface area contributed by atoms with Crippen LogP contribution in [0.25, 0.3) is 0 Å². The zero-order valence-electron chi connectivity index (χ0n) is 18.4. The number of carbonyl (C=O) groups is 2. The van der Waals surface area contributed by atoms with E-state index in [2.05, 4.69) is 6.92 Å². The summed E-state index contributed by atoms with van der Waals surface area (Å²) in [5, 5.41) is 0. The van der Waals surface area contributed by atoms with Gasteiger partial charge in [0.05, 0.1) is 6.61 Å². The van der Waals surface area contributed by atoms with Gasteiger partial charge < -0.3 is 10.9 Å². The lowest BCUT2D eigenvalue weighted by Gasteiger charge is -2.04. The number of Topliss-reactive ketones (excluding diaryl/α,β-unsaturated/α-hetero) is 2. The first kappa shape index (κ1) is 28.5. The van der Waals surface area contributed by atoms with Crippen LogP contribution in [0.15, 0.2) is 0 Å². The summed E-state index contributed by atoms with van der Waals surface area (Å²) in [7, 11) is 0. The van der Waals surface area contributed by atoms with Gasteiger partial charge in [0.15, 0.2) is 5.78 Å². The summed E-state index contributed by atoms with van der Waals surface area (Å²) in [6, 6.07) is 0. The maximum absolute atomic E-state index is 11.7. The Bertz CT molecular complexity index is 332. The Hall–Kier alpha value is -0.740. The van der Waals surface area contributed by atoms with Crippen LogP contribution in [0.4, 0.5) is 0 Å². The minimum Gasteiger partial charge on any atom is -0.381 e. The zero-order chi connectivity index (χ0) is 19.3. The molecule has 0 spiro atoms. The molecule has 0 aromatic heterocycles. The largest absolute Gasteiger partial charge is 0.381 e. The molecule has 0 atom stereocenters. The van der Waals surface area contributed by atoms with E-state index in [0.717, 1.165) is 12.8 Å². The molecule has 4 nitrogen and oxygen atoms in total. The topological polar surface area (TPSA) is 78.4 Å². The molecule has 0 saturated carbocycles. The van der Waals surface area contributed by atoms with Crippen LogP contribution in [-0.2, 0) is 14.3 Å². The third-order valence-corrected chi connectivity index (χ3v) is 5.00. The van der Waals surface area contributed by atoms with Crippen molar-refractivity contribution in [1.29, 1.82) is 0 Å². The van der Waals surface area contributed by atoms with Gasteiger partial charge in [0.2, 0.25) is 5.78 Å². The summed E-state index contributed by atoms with van der Waals surface area (Å²) in [6.07, 6.45) is 20.3. The molecule has 0 aromatic carbocycles. The Kier molecular flexibility index (Phi) is 24.6.